The van der Waals surface area contributed by atoms with Crippen LogP contribution in [-0.4, -0.2) is 37.2 Å². The lowest BCUT2D eigenvalue weighted by atomic mass is 10.0. The molecular formula is C20H25NO2. The summed E-state index contributed by atoms with van der Waals surface area (Å²) >= 11 is 0. The van der Waals surface area contributed by atoms with Crippen LogP contribution in [0.2, 0.25) is 0 Å². The summed E-state index contributed by atoms with van der Waals surface area (Å²) in [5.74, 6) is 1.10. The van der Waals surface area contributed by atoms with Crippen LogP contribution in [0.5, 0.6) is 0 Å². The predicted octanol–water partition coefficient (Wildman–Crippen LogP) is 4.26. The van der Waals surface area contributed by atoms with Crippen molar-refractivity contribution in [2.24, 2.45) is 0 Å². The molecule has 3 nitrogen and oxygen atoms in total. The maximum atomic E-state index is 6.10. The third-order valence-electron chi connectivity index (χ3n) is 5.19. The molecule has 0 saturated carbocycles. The number of hydrogen-bond donors (Lipinski definition) is 0. The summed E-state index contributed by atoms with van der Waals surface area (Å²) in [6, 6.07) is 9.45. The normalized spacial score (nSPS) is 22.7. The molecule has 0 radical (unpaired) electrons. The molecule has 2 aliphatic heterocycles. The van der Waals surface area contributed by atoms with E-state index in [2.05, 4.69) is 42.2 Å². The van der Waals surface area contributed by atoms with Gasteiger partial charge in [-0.05, 0) is 56.0 Å². The Balaban J connectivity index is 1.50. The minimum absolute atomic E-state index is 0.714. The van der Waals surface area contributed by atoms with Crippen molar-refractivity contribution >= 4 is 16.5 Å². The van der Waals surface area contributed by atoms with E-state index in [-0.39, 0.29) is 0 Å². The number of benzene rings is 1. The lowest BCUT2D eigenvalue weighted by Crippen LogP contribution is -2.28. The molecule has 0 spiro atoms. The molecule has 0 N–H and O–H groups in total. The fraction of sp³-hybridized carbons (Fsp3) is 0.500. The van der Waals surface area contributed by atoms with E-state index >= 15 is 0 Å². The molecule has 3 heterocycles. The average Bonchev–Trinajstić information content (AvgIpc) is 3.18. The molecular weight excluding hydrogens is 286 g/mol. The van der Waals surface area contributed by atoms with Gasteiger partial charge in [-0.25, -0.2) is 0 Å². The van der Waals surface area contributed by atoms with E-state index in [4.69, 9.17) is 9.15 Å². The number of fused-ring (bicyclic) bond motifs is 1. The molecule has 0 amide bonds. The Hall–Kier alpha value is -1.58. The van der Waals surface area contributed by atoms with Crippen LogP contribution in [0, 0.1) is 0 Å². The van der Waals surface area contributed by atoms with Crippen LogP contribution in [0.15, 0.2) is 34.8 Å². The molecule has 0 bridgehead atoms. The average molecular weight is 311 g/mol. The summed E-state index contributed by atoms with van der Waals surface area (Å²) in [6.07, 6.45) is 6.96. The van der Waals surface area contributed by atoms with E-state index in [1.54, 1.807) is 0 Å². The Morgan fingerprint density at radius 1 is 1.26 bits per heavy atom. The topological polar surface area (TPSA) is 25.6 Å². The van der Waals surface area contributed by atoms with E-state index in [1.807, 2.05) is 0 Å². The molecule has 3 heteroatoms. The third kappa shape index (κ3) is 3.22. The van der Waals surface area contributed by atoms with E-state index in [0.717, 1.165) is 43.4 Å². The molecule has 1 saturated heterocycles. The lowest BCUT2D eigenvalue weighted by Gasteiger charge is -2.19. The van der Waals surface area contributed by atoms with Gasteiger partial charge >= 0.3 is 0 Å². The Labute approximate surface area is 137 Å². The number of furan rings is 1. The lowest BCUT2D eigenvalue weighted by molar-refractivity contribution is 0.164. The molecule has 23 heavy (non-hydrogen) atoms. The van der Waals surface area contributed by atoms with Crippen molar-refractivity contribution in [1.82, 2.24) is 4.90 Å². The first-order valence-corrected chi connectivity index (χ1v) is 8.83. The van der Waals surface area contributed by atoms with Gasteiger partial charge in [0.15, 0.2) is 0 Å². The van der Waals surface area contributed by atoms with Crippen molar-refractivity contribution in [1.29, 1.82) is 0 Å². The van der Waals surface area contributed by atoms with E-state index in [1.165, 1.54) is 35.9 Å². The van der Waals surface area contributed by atoms with E-state index in [0.29, 0.717) is 6.61 Å². The Bertz CT molecular complexity index is 716. The first-order chi connectivity index (χ1) is 11.3. The molecule has 122 valence electrons. The number of ether oxygens (including phenoxy) is 1. The molecule has 1 atom stereocenters. The first-order valence-electron chi connectivity index (χ1n) is 8.83. The fourth-order valence-corrected chi connectivity index (χ4v) is 3.75. The van der Waals surface area contributed by atoms with Gasteiger partial charge in [0.05, 0.1) is 13.2 Å². The highest BCUT2D eigenvalue weighted by molar-refractivity contribution is 5.83. The van der Waals surface area contributed by atoms with Gasteiger partial charge in [0.25, 0.3) is 0 Å². The zero-order chi connectivity index (χ0) is 15.6. The minimum atomic E-state index is 0.714. The molecule has 4 rings (SSSR count). The van der Waals surface area contributed by atoms with Gasteiger partial charge < -0.3 is 14.1 Å². The summed E-state index contributed by atoms with van der Waals surface area (Å²) in [4.78, 5) is 2.57. The number of likely N-dealkylation sites (tertiary alicyclic amines) is 1. The fourth-order valence-electron chi connectivity index (χ4n) is 3.75. The summed E-state index contributed by atoms with van der Waals surface area (Å²) in [7, 11) is 0. The van der Waals surface area contributed by atoms with Crippen LogP contribution >= 0.6 is 0 Å². The second-order valence-corrected chi connectivity index (χ2v) is 6.81. The van der Waals surface area contributed by atoms with E-state index in [9.17, 15) is 0 Å². The summed E-state index contributed by atoms with van der Waals surface area (Å²) in [6.45, 7) is 6.22. The van der Waals surface area contributed by atoms with Crippen LogP contribution in [-0.2, 0) is 11.2 Å². The monoisotopic (exact) mass is 311 g/mol. The van der Waals surface area contributed by atoms with Gasteiger partial charge in [-0.3, -0.25) is 0 Å². The maximum Gasteiger partial charge on any atom is 0.134 e. The largest absolute Gasteiger partial charge is 0.461 e. The van der Waals surface area contributed by atoms with Crippen LogP contribution in [0.3, 0.4) is 0 Å². The predicted molar refractivity (Wildman–Crippen MR) is 93.6 cm³/mol. The van der Waals surface area contributed by atoms with Gasteiger partial charge in [-0.1, -0.05) is 18.2 Å². The molecule has 1 unspecified atom stereocenters. The minimum Gasteiger partial charge on any atom is -0.461 e. The van der Waals surface area contributed by atoms with Crippen molar-refractivity contribution in [3.05, 3.63) is 41.7 Å². The van der Waals surface area contributed by atoms with Crippen LogP contribution in [0.1, 0.15) is 37.5 Å². The van der Waals surface area contributed by atoms with Crippen LogP contribution in [0.25, 0.3) is 16.5 Å². The Morgan fingerprint density at radius 3 is 3.00 bits per heavy atom. The zero-order valence-electron chi connectivity index (χ0n) is 13.9. The number of rotatable bonds is 4. The van der Waals surface area contributed by atoms with Gasteiger partial charge in [0, 0.05) is 24.4 Å². The van der Waals surface area contributed by atoms with Gasteiger partial charge in [0.2, 0.25) is 0 Å². The van der Waals surface area contributed by atoms with Crippen LogP contribution in [0.4, 0.5) is 0 Å². The van der Waals surface area contributed by atoms with Gasteiger partial charge in [0.1, 0.15) is 11.3 Å². The molecule has 0 aliphatic carbocycles. The zero-order valence-corrected chi connectivity index (χ0v) is 13.9. The number of hydrogen-bond acceptors (Lipinski definition) is 3. The summed E-state index contributed by atoms with van der Waals surface area (Å²) in [5, 5.41) is 1.20. The second-order valence-electron chi connectivity index (χ2n) is 6.81. The van der Waals surface area contributed by atoms with Crippen molar-refractivity contribution in [2.75, 3.05) is 26.3 Å². The van der Waals surface area contributed by atoms with E-state index < -0.39 is 0 Å². The highest BCUT2D eigenvalue weighted by Crippen LogP contribution is 2.26. The Morgan fingerprint density at radius 2 is 2.22 bits per heavy atom. The SMILES string of the molecule is CC1CCCN1CCc1cc2ccc(C3=CCCOC3)cc2o1. The highest BCUT2D eigenvalue weighted by Gasteiger charge is 2.20. The van der Waals surface area contributed by atoms with Crippen molar-refractivity contribution in [3.8, 4) is 0 Å². The second kappa shape index (κ2) is 6.50. The first kappa shape index (κ1) is 15.0. The molecule has 1 aromatic carbocycles. The standard InChI is InChI=1S/C20H25NO2/c1-15-4-2-9-21(15)10-8-19-12-17-7-6-16(13-20(17)23-19)18-5-3-11-22-14-18/h5-7,12-13,15H,2-4,8-11,14H2,1H3. The summed E-state index contributed by atoms with van der Waals surface area (Å²) < 4.78 is 11.7. The van der Waals surface area contributed by atoms with Gasteiger partial charge in [-0.2, -0.15) is 0 Å². The molecule has 2 aliphatic rings. The maximum absolute atomic E-state index is 6.10. The third-order valence-corrected chi connectivity index (χ3v) is 5.19. The summed E-state index contributed by atoms with van der Waals surface area (Å²) in [5.41, 5.74) is 3.51. The molecule has 1 aromatic heterocycles. The van der Waals surface area contributed by atoms with Crippen LogP contribution < -0.4 is 0 Å². The van der Waals surface area contributed by atoms with Crippen molar-refractivity contribution < 1.29 is 9.15 Å². The smallest absolute Gasteiger partial charge is 0.134 e. The Kier molecular flexibility index (Phi) is 4.23. The van der Waals surface area contributed by atoms with Crippen molar-refractivity contribution in [3.63, 3.8) is 0 Å². The highest BCUT2D eigenvalue weighted by atomic mass is 16.5. The van der Waals surface area contributed by atoms with Gasteiger partial charge in [-0.15, -0.1) is 0 Å². The molecule has 2 aromatic rings. The quantitative estimate of drug-likeness (QED) is 0.843. The van der Waals surface area contributed by atoms with Crippen molar-refractivity contribution in [2.45, 2.75) is 38.6 Å². The molecule has 1 fully saturated rings. The number of nitrogens with zero attached hydrogens (tertiary/aromatic N) is 1.